The second kappa shape index (κ2) is 2.90. The molecule has 0 spiro atoms. The standard InChI is InChI=1S/FIP.Li/c1-3-2;/q-1;+1. The molecule has 0 aromatic carbocycles. The van der Waals surface area contributed by atoms with E-state index < -0.39 is 4.30 Å². The van der Waals surface area contributed by atoms with Gasteiger partial charge >= 0.3 is 47.8 Å². The molecule has 0 aromatic heterocycles. The Kier molecular flexibility index (Phi) is 4.12. The fourth-order valence-corrected chi connectivity index (χ4v) is 0. The summed E-state index contributed by atoms with van der Waals surface area (Å²) in [4.78, 5) is 0. The van der Waals surface area contributed by atoms with Crippen molar-refractivity contribution in [1.29, 1.82) is 0 Å². The summed E-state index contributed by atoms with van der Waals surface area (Å²) >= 11 is 3.29. The molecule has 0 heterocycles. The van der Waals surface area contributed by atoms with E-state index in [-0.39, 0.29) is 0 Å². The summed E-state index contributed by atoms with van der Waals surface area (Å²) in [5, 5.41) is 0. The van der Waals surface area contributed by atoms with Crippen LogP contribution in [0.4, 0.5) is 4.20 Å². The first-order valence-electron chi connectivity index (χ1n) is 0.785. The Hall–Kier alpha value is 1.69. The van der Waals surface area contributed by atoms with E-state index in [4.69, 9.17) is 0 Å². The Balaban J connectivity index is 2.32. The Morgan fingerprint density at radius 3 is 2.00 bits per heavy atom. The molecule has 0 radical (unpaired) electrons. The summed E-state index contributed by atoms with van der Waals surface area (Å²) < 4.78 is 9.90. The third-order valence-corrected chi connectivity index (χ3v) is 0. The molecule has 0 saturated carbocycles. The monoisotopic (exact) mass is 184 g/mol. The summed E-state index contributed by atoms with van der Waals surface area (Å²) in [6.07, 6.45) is 0. The minimum atomic E-state index is -1.15. The van der Waals surface area contributed by atoms with Gasteiger partial charge in [0.15, 0.2) is 0 Å². The Morgan fingerprint density at radius 1 is 2.00 bits per heavy atom. The van der Waals surface area contributed by atoms with Crippen LogP contribution in [0.25, 0.3) is 0 Å². The van der Waals surface area contributed by atoms with Gasteiger partial charge in [-0.25, -0.2) is 0 Å². The predicted octanol–water partition coefficient (Wildman–Crippen LogP) is 1.79. The molecule has 20 valence electrons. The van der Waals surface area contributed by atoms with Crippen molar-refractivity contribution in [2.75, 3.05) is 0 Å². The summed E-state index contributed by atoms with van der Waals surface area (Å²) in [6, 6.07) is 0. The van der Waals surface area contributed by atoms with Crippen molar-refractivity contribution in [3.05, 3.63) is 0 Å². The number of hydrogen-bond acceptors (Lipinski definition) is 0. The van der Waals surface area contributed by atoms with Crippen molar-refractivity contribution >= 4 is 43.6 Å². The molecule has 0 bridgehead atoms. The molecule has 0 aliphatic rings. The third kappa shape index (κ3) is 9.35. The van der Waals surface area contributed by atoms with Crippen molar-refractivity contribution in [3.63, 3.8) is 0 Å². The van der Waals surface area contributed by atoms with Crippen LogP contribution in [0.2, 0.25) is 0 Å². The summed E-state index contributed by atoms with van der Waals surface area (Å²) in [7, 11) is 0. The fraction of sp³-hybridized carbons (Fsp3) is 0. The van der Waals surface area contributed by atoms with Gasteiger partial charge in [-0.15, -0.1) is 0 Å². The molecule has 0 aliphatic heterocycles. The maximum atomic E-state index is 11.1. The summed E-state index contributed by atoms with van der Waals surface area (Å²) in [5.74, 6) is 0. The average Bonchev–Trinajstić information content (AvgIpc) is 0.811. The van der Waals surface area contributed by atoms with Crippen LogP contribution in [0, 0.1) is 0 Å². The van der Waals surface area contributed by atoms with Crippen molar-refractivity contribution in [1.82, 2.24) is 0 Å². The van der Waals surface area contributed by atoms with Gasteiger partial charge in [0.2, 0.25) is 0 Å². The van der Waals surface area contributed by atoms with Crippen LogP contribution in [0.3, 0.4) is 0 Å². The molecule has 0 fully saturated rings. The Morgan fingerprint density at radius 2 is 2.00 bits per heavy atom. The van der Waals surface area contributed by atoms with E-state index in [1.165, 1.54) is 0 Å². The molecule has 0 N–H and O–H groups in total. The average molecular weight is 184 g/mol. The van der Waals surface area contributed by atoms with Crippen molar-refractivity contribution in [3.8, 4) is 0 Å². The van der Waals surface area contributed by atoms with Crippen LogP contribution in [0.1, 0.15) is 0 Å². The number of rotatable bonds is 0. The van der Waals surface area contributed by atoms with E-state index >= 15 is 0 Å². The van der Waals surface area contributed by atoms with Crippen LogP contribution < -0.4 is 0 Å². The van der Waals surface area contributed by atoms with Gasteiger partial charge in [0.05, 0.1) is 0 Å². The molecule has 4 heavy (non-hydrogen) atoms. The minimum absolute atomic E-state index is 1.15. The van der Waals surface area contributed by atoms with E-state index in [2.05, 4.69) is 0 Å². The SMILES string of the molecule is [Li][P](F)I. The summed E-state index contributed by atoms with van der Waals surface area (Å²) in [5.41, 5.74) is 0. The van der Waals surface area contributed by atoms with Gasteiger partial charge in [0.1, 0.15) is 0 Å². The molecule has 1 unspecified atom stereocenters. The molecule has 1 atom stereocenters. The van der Waals surface area contributed by atoms with Gasteiger partial charge in [-0.1, -0.05) is 0 Å². The second-order valence-corrected chi connectivity index (χ2v) is 5.19. The van der Waals surface area contributed by atoms with Crippen molar-refractivity contribution < 1.29 is 4.20 Å². The molecular weight excluding hydrogens is 184 g/mol. The van der Waals surface area contributed by atoms with Gasteiger partial charge in [-0.2, -0.15) is 0 Å². The second-order valence-electron chi connectivity index (χ2n) is 0.402. The molecule has 0 amide bonds. The van der Waals surface area contributed by atoms with Gasteiger partial charge in [0.25, 0.3) is 0 Å². The quantitative estimate of drug-likeness (QED) is 0.305. The Bertz CT molecular complexity index is 12.8. The van der Waals surface area contributed by atoms with E-state index in [0.717, 1.165) is 0 Å². The van der Waals surface area contributed by atoms with Crippen LogP contribution in [-0.4, -0.2) is 17.2 Å². The zero-order valence-electron chi connectivity index (χ0n) is 2.20. The van der Waals surface area contributed by atoms with Crippen molar-refractivity contribution in [2.24, 2.45) is 0 Å². The summed E-state index contributed by atoms with van der Waals surface area (Å²) in [6.45, 7) is 0. The fourth-order valence-electron chi connectivity index (χ4n) is 0. The van der Waals surface area contributed by atoms with Gasteiger partial charge in [-0.05, 0) is 0 Å². The first kappa shape index (κ1) is 5.69. The van der Waals surface area contributed by atoms with E-state index in [9.17, 15) is 4.20 Å². The molecule has 0 rings (SSSR count). The normalized spacial score (nSPS) is 16.0. The number of halogens is 2. The maximum absolute atomic E-state index is 11.1. The van der Waals surface area contributed by atoms with Gasteiger partial charge in [0, 0.05) is 0 Å². The van der Waals surface area contributed by atoms with Crippen LogP contribution in [0.15, 0.2) is 0 Å². The molecule has 0 nitrogen and oxygen atoms in total. The third-order valence-electron chi connectivity index (χ3n) is 0. The molecule has 4 heteroatoms. The zero-order chi connectivity index (χ0) is 3.58. The molecule has 0 saturated heterocycles. The van der Waals surface area contributed by atoms with Crippen LogP contribution >= 0.6 is 26.3 Å². The zero-order valence-corrected chi connectivity index (χ0v) is 5.26. The molecular formula is FILiP. The predicted molar refractivity (Wildman–Crippen MR) is 27.8 cm³/mol. The van der Waals surface area contributed by atoms with Gasteiger partial charge in [-0.3, -0.25) is 0 Å². The molecule has 0 aromatic rings. The van der Waals surface area contributed by atoms with Gasteiger partial charge < -0.3 is 0 Å². The molecule has 0 aliphatic carbocycles. The van der Waals surface area contributed by atoms with E-state index in [1.54, 1.807) is 39.3 Å². The van der Waals surface area contributed by atoms with E-state index in [1.807, 2.05) is 0 Å². The van der Waals surface area contributed by atoms with Crippen LogP contribution in [-0.2, 0) is 0 Å². The first-order chi connectivity index (χ1) is 1.73. The van der Waals surface area contributed by atoms with Crippen molar-refractivity contribution in [2.45, 2.75) is 0 Å². The van der Waals surface area contributed by atoms with Crippen LogP contribution in [0.5, 0.6) is 0 Å². The Labute approximate surface area is 47.6 Å². The van der Waals surface area contributed by atoms with E-state index in [0.29, 0.717) is 0 Å². The first-order valence-corrected chi connectivity index (χ1v) is 5.25. The number of hydrogen-bond donors (Lipinski definition) is 0. The topological polar surface area (TPSA) is 0 Å².